The smallest absolute Gasteiger partial charge is 0.327 e. The van der Waals surface area contributed by atoms with Gasteiger partial charge in [0.25, 0.3) is 5.91 Å². The highest BCUT2D eigenvalue weighted by molar-refractivity contribution is 7.13. The molecular formula is C19H16N4O2S. The number of carbonyl (C=O) groups excluding carboxylic acids is 2. The number of carbonyl (C=O) groups is 2. The van der Waals surface area contributed by atoms with Gasteiger partial charge in [0.15, 0.2) is 10.7 Å². The van der Waals surface area contributed by atoms with E-state index >= 15 is 0 Å². The van der Waals surface area contributed by atoms with Crippen molar-refractivity contribution >= 4 is 28.4 Å². The molecule has 1 saturated heterocycles. The van der Waals surface area contributed by atoms with Crippen molar-refractivity contribution in [2.45, 2.75) is 5.54 Å². The second kappa shape index (κ2) is 6.61. The minimum Gasteiger partial charge on any atom is -0.343 e. The van der Waals surface area contributed by atoms with Gasteiger partial charge in [0.2, 0.25) is 0 Å². The highest BCUT2D eigenvalue weighted by atomic mass is 32.1. The Hall–Kier alpha value is -3.19. The first-order valence-electron chi connectivity index (χ1n) is 8.10. The number of imide groups is 1. The molecule has 0 spiro atoms. The topological polar surface area (TPSA) is 74.3 Å². The van der Waals surface area contributed by atoms with E-state index in [0.29, 0.717) is 5.13 Å². The lowest BCUT2D eigenvalue weighted by molar-refractivity contribution is -0.130. The van der Waals surface area contributed by atoms with Gasteiger partial charge in [0.05, 0.1) is 0 Å². The Morgan fingerprint density at radius 3 is 2.15 bits per heavy atom. The number of hydrogen-bond acceptors (Lipinski definition) is 5. The molecule has 4 rings (SSSR count). The Balaban J connectivity index is 1.73. The van der Waals surface area contributed by atoms with Crippen molar-refractivity contribution in [3.8, 4) is 0 Å². The van der Waals surface area contributed by atoms with Gasteiger partial charge in [-0.05, 0) is 11.1 Å². The number of rotatable bonds is 5. The first-order chi connectivity index (χ1) is 12.7. The Labute approximate surface area is 154 Å². The van der Waals surface area contributed by atoms with E-state index in [4.69, 9.17) is 0 Å². The minimum atomic E-state index is -1.23. The van der Waals surface area contributed by atoms with Crippen LogP contribution in [0, 0.1) is 0 Å². The summed E-state index contributed by atoms with van der Waals surface area (Å²) in [6.45, 7) is 0.0552. The molecule has 0 saturated carbocycles. The number of nitrogens with one attached hydrogen (secondary N) is 2. The zero-order valence-corrected chi connectivity index (χ0v) is 14.6. The molecule has 0 unspecified atom stereocenters. The standard InChI is InChI=1S/C19H16N4O2S/c24-16-19(14-7-3-1-4-8-14,15-9-5-2-6-10-15)22-18(25)23(16)13-21-17-20-11-12-26-17/h1-12H,13H2,(H,20,21)(H,22,25). The minimum absolute atomic E-state index is 0.0552. The summed E-state index contributed by atoms with van der Waals surface area (Å²) < 4.78 is 0. The second-order valence-electron chi connectivity index (χ2n) is 5.82. The summed E-state index contributed by atoms with van der Waals surface area (Å²) >= 11 is 1.41. The van der Waals surface area contributed by atoms with Crippen molar-refractivity contribution < 1.29 is 9.59 Å². The lowest BCUT2D eigenvalue weighted by Gasteiger charge is -2.28. The normalized spacial score (nSPS) is 15.8. The maximum Gasteiger partial charge on any atom is 0.327 e. The number of amides is 3. The van der Waals surface area contributed by atoms with Crippen LogP contribution in [0.25, 0.3) is 0 Å². The Morgan fingerprint density at radius 2 is 1.62 bits per heavy atom. The van der Waals surface area contributed by atoms with Crippen LogP contribution in [-0.2, 0) is 10.3 Å². The van der Waals surface area contributed by atoms with E-state index in [1.165, 1.54) is 16.2 Å². The molecule has 0 aliphatic carbocycles. The number of aromatic nitrogens is 1. The maximum atomic E-state index is 13.4. The van der Waals surface area contributed by atoms with Crippen molar-refractivity contribution in [3.63, 3.8) is 0 Å². The molecule has 26 heavy (non-hydrogen) atoms. The zero-order valence-electron chi connectivity index (χ0n) is 13.8. The summed E-state index contributed by atoms with van der Waals surface area (Å²) in [4.78, 5) is 31.3. The molecule has 7 heteroatoms. The SMILES string of the molecule is O=C1NC(c2ccccc2)(c2ccccc2)C(=O)N1CNc1nccs1. The number of benzene rings is 2. The van der Waals surface area contributed by atoms with Crippen LogP contribution in [0.15, 0.2) is 72.2 Å². The Bertz CT molecular complexity index is 874. The lowest BCUT2D eigenvalue weighted by atomic mass is 9.83. The molecule has 2 aromatic carbocycles. The summed E-state index contributed by atoms with van der Waals surface area (Å²) in [5.41, 5.74) is 0.215. The fraction of sp³-hybridized carbons (Fsp3) is 0.105. The maximum absolute atomic E-state index is 13.4. The monoisotopic (exact) mass is 364 g/mol. The van der Waals surface area contributed by atoms with Gasteiger partial charge in [-0.1, -0.05) is 60.7 Å². The summed E-state index contributed by atoms with van der Waals surface area (Å²) in [5, 5.41) is 8.41. The average molecular weight is 364 g/mol. The molecule has 1 aliphatic rings. The number of hydrogen-bond donors (Lipinski definition) is 2. The van der Waals surface area contributed by atoms with Crippen molar-refractivity contribution in [2.75, 3.05) is 12.0 Å². The van der Waals surface area contributed by atoms with Crippen molar-refractivity contribution in [1.29, 1.82) is 0 Å². The predicted molar refractivity (Wildman–Crippen MR) is 99.6 cm³/mol. The third-order valence-electron chi connectivity index (χ3n) is 4.34. The van der Waals surface area contributed by atoms with Crippen molar-refractivity contribution in [3.05, 3.63) is 83.4 Å². The molecule has 2 N–H and O–H groups in total. The van der Waals surface area contributed by atoms with E-state index in [0.717, 1.165) is 11.1 Å². The largest absolute Gasteiger partial charge is 0.343 e. The van der Waals surface area contributed by atoms with E-state index in [2.05, 4.69) is 15.6 Å². The van der Waals surface area contributed by atoms with Gasteiger partial charge in [-0.15, -0.1) is 11.3 Å². The van der Waals surface area contributed by atoms with E-state index in [-0.39, 0.29) is 12.6 Å². The van der Waals surface area contributed by atoms with Crippen molar-refractivity contribution in [1.82, 2.24) is 15.2 Å². The van der Waals surface area contributed by atoms with Gasteiger partial charge >= 0.3 is 6.03 Å². The van der Waals surface area contributed by atoms with Gasteiger partial charge in [0, 0.05) is 11.6 Å². The summed E-state index contributed by atoms with van der Waals surface area (Å²) in [5.74, 6) is -0.316. The molecule has 1 fully saturated rings. The first kappa shape index (κ1) is 16.3. The second-order valence-corrected chi connectivity index (χ2v) is 6.71. The molecule has 6 nitrogen and oxygen atoms in total. The van der Waals surface area contributed by atoms with Gasteiger partial charge < -0.3 is 10.6 Å². The molecular weight excluding hydrogens is 348 g/mol. The van der Waals surface area contributed by atoms with Gasteiger partial charge in [0.1, 0.15) is 6.67 Å². The Kier molecular flexibility index (Phi) is 4.14. The third-order valence-corrected chi connectivity index (χ3v) is 5.07. The van der Waals surface area contributed by atoms with Crippen LogP contribution in [0.2, 0.25) is 0 Å². The highest BCUT2D eigenvalue weighted by Crippen LogP contribution is 2.35. The van der Waals surface area contributed by atoms with Gasteiger partial charge in [-0.2, -0.15) is 0 Å². The fourth-order valence-corrected chi connectivity index (χ4v) is 3.63. The number of urea groups is 1. The third kappa shape index (κ3) is 2.62. The average Bonchev–Trinajstić information content (AvgIpc) is 3.29. The lowest BCUT2D eigenvalue weighted by Crippen LogP contribution is -2.45. The van der Waals surface area contributed by atoms with E-state index in [9.17, 15) is 9.59 Å². The van der Waals surface area contributed by atoms with E-state index in [1.807, 2.05) is 66.0 Å². The summed E-state index contributed by atoms with van der Waals surface area (Å²) in [7, 11) is 0. The van der Waals surface area contributed by atoms with Crippen LogP contribution < -0.4 is 10.6 Å². The molecule has 2 heterocycles. The highest BCUT2D eigenvalue weighted by Gasteiger charge is 2.53. The van der Waals surface area contributed by atoms with Crippen LogP contribution in [0.4, 0.5) is 9.93 Å². The zero-order chi connectivity index (χ0) is 18.0. The number of nitrogens with zero attached hydrogens (tertiary/aromatic N) is 2. The Morgan fingerprint density at radius 1 is 1.00 bits per heavy atom. The van der Waals surface area contributed by atoms with Crippen LogP contribution in [0.1, 0.15) is 11.1 Å². The molecule has 0 atom stereocenters. The van der Waals surface area contributed by atoms with Crippen LogP contribution in [0.3, 0.4) is 0 Å². The summed E-state index contributed by atoms with van der Waals surface area (Å²) in [6, 6.07) is 18.2. The van der Waals surface area contributed by atoms with Crippen LogP contribution in [0.5, 0.6) is 0 Å². The molecule has 130 valence electrons. The number of thiazole rings is 1. The fourth-order valence-electron chi connectivity index (χ4n) is 3.11. The summed E-state index contributed by atoms with van der Waals surface area (Å²) in [6.07, 6.45) is 1.66. The molecule has 3 amide bonds. The van der Waals surface area contributed by atoms with E-state index in [1.54, 1.807) is 6.20 Å². The quantitative estimate of drug-likeness (QED) is 0.683. The van der Waals surface area contributed by atoms with Crippen molar-refractivity contribution in [2.24, 2.45) is 0 Å². The van der Waals surface area contributed by atoms with Gasteiger partial charge in [-0.3, -0.25) is 4.79 Å². The molecule has 3 aromatic rings. The predicted octanol–water partition coefficient (Wildman–Crippen LogP) is 3.01. The van der Waals surface area contributed by atoms with E-state index < -0.39 is 11.6 Å². The molecule has 1 aromatic heterocycles. The van der Waals surface area contributed by atoms with Crippen LogP contribution in [-0.4, -0.2) is 28.5 Å². The number of anilines is 1. The van der Waals surface area contributed by atoms with Crippen LogP contribution >= 0.6 is 11.3 Å². The molecule has 1 aliphatic heterocycles. The molecule has 0 bridgehead atoms. The van der Waals surface area contributed by atoms with Gasteiger partial charge in [-0.25, -0.2) is 14.7 Å². The molecule has 0 radical (unpaired) electrons. The first-order valence-corrected chi connectivity index (χ1v) is 8.98.